The normalized spacial score (nSPS) is 15.8. The van der Waals surface area contributed by atoms with Crippen LogP contribution < -0.4 is 10.0 Å². The van der Waals surface area contributed by atoms with Crippen molar-refractivity contribution in [2.45, 2.75) is 51.1 Å². The summed E-state index contributed by atoms with van der Waals surface area (Å²) < 4.78 is 32.7. The number of hydrogen-bond donors (Lipinski definition) is 2. The number of amides is 1. The molecule has 0 fully saturated rings. The van der Waals surface area contributed by atoms with Crippen LogP contribution in [0.3, 0.4) is 0 Å². The van der Waals surface area contributed by atoms with Crippen LogP contribution in [0.25, 0.3) is 0 Å². The second-order valence-electron chi connectivity index (χ2n) is 6.90. The van der Waals surface area contributed by atoms with E-state index in [1.54, 1.807) is 26.0 Å². The lowest BCUT2D eigenvalue weighted by Gasteiger charge is -2.27. The zero-order valence-electron chi connectivity index (χ0n) is 17.1. The number of ether oxygens (including phenoxy) is 1. The van der Waals surface area contributed by atoms with Crippen LogP contribution in [0.5, 0.6) is 0 Å². The molecule has 156 valence electrons. The zero-order valence-corrected chi connectivity index (χ0v) is 17.9. The number of methoxy groups -OCH3 is 1. The third-order valence-corrected chi connectivity index (χ3v) is 6.22. The summed E-state index contributed by atoms with van der Waals surface area (Å²) in [5.41, 5.74) is 0.925. The number of esters is 1. The first-order valence-electron chi connectivity index (χ1n) is 9.17. The third-order valence-electron chi connectivity index (χ3n) is 4.76. The molecule has 0 unspecified atom stereocenters. The van der Waals surface area contributed by atoms with Crippen molar-refractivity contribution < 1.29 is 22.7 Å². The average molecular weight is 411 g/mol. The van der Waals surface area contributed by atoms with Crippen molar-refractivity contribution in [2.75, 3.05) is 7.11 Å². The van der Waals surface area contributed by atoms with E-state index in [-0.39, 0.29) is 16.7 Å². The molecular formula is C20H30N2O5S. The van der Waals surface area contributed by atoms with Crippen LogP contribution in [0.4, 0.5) is 0 Å². The molecule has 0 aromatic heterocycles. The SMILES string of the molecule is C=C[C@H](C)[C@H](NC(=O)[C@@H](NS(=O)(=O)c1ccc(C)cc1)[C@@H](C)CC)C(=O)OC. The van der Waals surface area contributed by atoms with E-state index in [1.807, 2.05) is 13.8 Å². The number of benzene rings is 1. The van der Waals surface area contributed by atoms with Gasteiger partial charge in [-0.05, 0) is 25.0 Å². The molecule has 1 aromatic carbocycles. The molecule has 0 radical (unpaired) electrons. The Balaban J connectivity index is 3.13. The van der Waals surface area contributed by atoms with Crippen molar-refractivity contribution in [2.24, 2.45) is 11.8 Å². The smallest absolute Gasteiger partial charge is 0.328 e. The Hall–Kier alpha value is -2.19. The molecule has 0 saturated carbocycles. The second kappa shape index (κ2) is 10.4. The minimum Gasteiger partial charge on any atom is -0.467 e. The van der Waals surface area contributed by atoms with Gasteiger partial charge in [0.15, 0.2) is 0 Å². The van der Waals surface area contributed by atoms with E-state index in [0.717, 1.165) is 5.56 Å². The number of sulfonamides is 1. The summed E-state index contributed by atoms with van der Waals surface area (Å²) in [6.45, 7) is 10.8. The highest BCUT2D eigenvalue weighted by Crippen LogP contribution is 2.16. The average Bonchev–Trinajstić information content (AvgIpc) is 2.68. The van der Waals surface area contributed by atoms with Crippen molar-refractivity contribution in [3.8, 4) is 0 Å². The summed E-state index contributed by atoms with van der Waals surface area (Å²) in [6.07, 6.45) is 2.09. The first-order valence-corrected chi connectivity index (χ1v) is 10.6. The van der Waals surface area contributed by atoms with Gasteiger partial charge in [0.2, 0.25) is 15.9 Å². The van der Waals surface area contributed by atoms with Gasteiger partial charge < -0.3 is 10.1 Å². The maximum atomic E-state index is 12.9. The molecule has 0 aliphatic carbocycles. The van der Waals surface area contributed by atoms with Gasteiger partial charge in [-0.25, -0.2) is 13.2 Å². The molecule has 1 aromatic rings. The maximum absolute atomic E-state index is 12.9. The Morgan fingerprint density at radius 1 is 1.18 bits per heavy atom. The van der Waals surface area contributed by atoms with Crippen molar-refractivity contribution in [1.29, 1.82) is 0 Å². The molecule has 0 bridgehead atoms. The number of nitrogens with one attached hydrogen (secondary N) is 2. The molecule has 0 aliphatic heterocycles. The second-order valence-corrected chi connectivity index (χ2v) is 8.62. The fourth-order valence-corrected chi connectivity index (χ4v) is 3.83. The maximum Gasteiger partial charge on any atom is 0.328 e. The number of aryl methyl sites for hydroxylation is 1. The Kier molecular flexibility index (Phi) is 8.84. The zero-order chi connectivity index (χ0) is 21.5. The lowest BCUT2D eigenvalue weighted by Crippen LogP contribution is -2.55. The van der Waals surface area contributed by atoms with Crippen molar-refractivity contribution in [1.82, 2.24) is 10.0 Å². The van der Waals surface area contributed by atoms with E-state index in [9.17, 15) is 18.0 Å². The van der Waals surface area contributed by atoms with Crippen LogP contribution in [0, 0.1) is 18.8 Å². The fraction of sp³-hybridized carbons (Fsp3) is 0.500. The van der Waals surface area contributed by atoms with Gasteiger partial charge in [-0.15, -0.1) is 6.58 Å². The Labute approximate surface area is 167 Å². The van der Waals surface area contributed by atoms with Crippen molar-refractivity contribution in [3.63, 3.8) is 0 Å². The van der Waals surface area contributed by atoms with Crippen LogP contribution in [0.1, 0.15) is 32.8 Å². The lowest BCUT2D eigenvalue weighted by atomic mass is 9.97. The number of hydrogen-bond acceptors (Lipinski definition) is 5. The first-order chi connectivity index (χ1) is 13.1. The largest absolute Gasteiger partial charge is 0.467 e. The first kappa shape index (κ1) is 23.8. The van der Waals surface area contributed by atoms with E-state index in [0.29, 0.717) is 6.42 Å². The van der Waals surface area contributed by atoms with E-state index in [4.69, 9.17) is 4.74 Å². The highest BCUT2D eigenvalue weighted by molar-refractivity contribution is 7.89. The summed E-state index contributed by atoms with van der Waals surface area (Å²) in [5, 5.41) is 2.61. The van der Waals surface area contributed by atoms with Crippen LogP contribution in [0.2, 0.25) is 0 Å². The van der Waals surface area contributed by atoms with E-state index in [1.165, 1.54) is 25.3 Å². The number of rotatable bonds is 10. The lowest BCUT2D eigenvalue weighted by molar-refractivity contribution is -0.146. The predicted molar refractivity (Wildman–Crippen MR) is 108 cm³/mol. The molecule has 8 heteroatoms. The summed E-state index contributed by atoms with van der Waals surface area (Å²) in [5.74, 6) is -1.89. The molecule has 4 atom stereocenters. The monoisotopic (exact) mass is 410 g/mol. The van der Waals surface area contributed by atoms with Crippen LogP contribution >= 0.6 is 0 Å². The standard InChI is InChI=1S/C20H30N2O5S/c1-7-14(4)17(19(23)21-18(15(5)8-2)20(24)27-6)22-28(25,26)16-11-9-13(3)10-12-16/h8-12,14-15,17-18,22H,2,7H2,1,3-6H3,(H,21,23)/t14-,15-,17-,18-/m0/s1. The van der Waals surface area contributed by atoms with Gasteiger partial charge in [0, 0.05) is 5.92 Å². The van der Waals surface area contributed by atoms with Gasteiger partial charge in [0.05, 0.1) is 12.0 Å². The van der Waals surface area contributed by atoms with Gasteiger partial charge in [-0.3, -0.25) is 4.79 Å². The summed E-state index contributed by atoms with van der Waals surface area (Å²) >= 11 is 0. The van der Waals surface area contributed by atoms with E-state index < -0.39 is 34.0 Å². The van der Waals surface area contributed by atoms with Gasteiger partial charge in [-0.1, -0.05) is 51.0 Å². The van der Waals surface area contributed by atoms with Crippen LogP contribution in [-0.2, 0) is 24.3 Å². The molecule has 0 heterocycles. The highest BCUT2D eigenvalue weighted by atomic mass is 32.2. The summed E-state index contributed by atoms with van der Waals surface area (Å²) in [7, 11) is -2.69. The molecule has 1 amide bonds. The Bertz CT molecular complexity index is 789. The molecule has 0 aliphatic rings. The Morgan fingerprint density at radius 2 is 1.75 bits per heavy atom. The van der Waals surface area contributed by atoms with Gasteiger partial charge in [-0.2, -0.15) is 4.72 Å². The molecule has 2 N–H and O–H groups in total. The molecule has 7 nitrogen and oxygen atoms in total. The van der Waals surface area contributed by atoms with Gasteiger partial charge in [0.1, 0.15) is 12.1 Å². The van der Waals surface area contributed by atoms with Crippen LogP contribution in [-0.4, -0.2) is 39.5 Å². The van der Waals surface area contributed by atoms with Crippen molar-refractivity contribution >= 4 is 21.9 Å². The van der Waals surface area contributed by atoms with E-state index >= 15 is 0 Å². The molecule has 0 spiro atoms. The summed E-state index contributed by atoms with van der Waals surface area (Å²) in [6, 6.07) is 4.35. The molecular weight excluding hydrogens is 380 g/mol. The number of carbonyl (C=O) groups excluding carboxylic acids is 2. The Morgan fingerprint density at radius 3 is 2.21 bits per heavy atom. The van der Waals surface area contributed by atoms with Crippen molar-refractivity contribution in [3.05, 3.63) is 42.5 Å². The fourth-order valence-electron chi connectivity index (χ4n) is 2.53. The molecule has 28 heavy (non-hydrogen) atoms. The topological polar surface area (TPSA) is 102 Å². The number of carbonyl (C=O) groups is 2. The van der Waals surface area contributed by atoms with Gasteiger partial charge in [0.25, 0.3) is 0 Å². The minimum absolute atomic E-state index is 0.0724. The summed E-state index contributed by atoms with van der Waals surface area (Å²) in [4.78, 5) is 25.0. The van der Waals surface area contributed by atoms with Crippen LogP contribution in [0.15, 0.2) is 41.8 Å². The quantitative estimate of drug-likeness (QED) is 0.455. The van der Waals surface area contributed by atoms with E-state index in [2.05, 4.69) is 16.6 Å². The third kappa shape index (κ3) is 6.17. The molecule has 1 rings (SSSR count). The highest BCUT2D eigenvalue weighted by Gasteiger charge is 2.34. The predicted octanol–water partition coefficient (Wildman–Crippen LogP) is 2.17. The van der Waals surface area contributed by atoms with Gasteiger partial charge >= 0.3 is 5.97 Å². The minimum atomic E-state index is -3.91. The molecule has 0 saturated heterocycles.